The molecule has 1 rings (SSSR count). The molecule has 0 aromatic heterocycles. The van der Waals surface area contributed by atoms with Gasteiger partial charge in [-0.1, -0.05) is 33.1 Å². The lowest BCUT2D eigenvalue weighted by Gasteiger charge is -2.19. The summed E-state index contributed by atoms with van der Waals surface area (Å²) in [5.74, 6) is -1.81. The Balaban J connectivity index is 2.80. The van der Waals surface area contributed by atoms with Crippen molar-refractivity contribution in [3.05, 3.63) is 11.6 Å². The Morgan fingerprint density at radius 2 is 1.65 bits per heavy atom. The van der Waals surface area contributed by atoms with Crippen LogP contribution in [0.2, 0.25) is 0 Å². The van der Waals surface area contributed by atoms with E-state index < -0.39 is 17.5 Å². The lowest BCUT2D eigenvalue weighted by molar-refractivity contribution is -0.141. The van der Waals surface area contributed by atoms with Crippen molar-refractivity contribution in [1.29, 1.82) is 0 Å². The van der Waals surface area contributed by atoms with E-state index in [0.717, 1.165) is 25.7 Å². The second kappa shape index (κ2) is 6.48. The summed E-state index contributed by atoms with van der Waals surface area (Å²) in [7, 11) is 0. The van der Waals surface area contributed by atoms with Gasteiger partial charge in [0.05, 0.1) is 5.92 Å². The van der Waals surface area contributed by atoms with Gasteiger partial charge >= 0.3 is 0 Å². The quantitative estimate of drug-likeness (QED) is 0.526. The van der Waals surface area contributed by atoms with E-state index in [1.807, 2.05) is 13.8 Å². The maximum Gasteiger partial charge on any atom is 0.222 e. The average Bonchev–Trinajstić information content (AvgIpc) is 2.32. The van der Waals surface area contributed by atoms with Gasteiger partial charge < -0.3 is 0 Å². The SMILES string of the molecule is CCCCC1=CC(=O)C(=O)C(CCCC)C1=O. The first kappa shape index (κ1) is 13.8. The van der Waals surface area contributed by atoms with Gasteiger partial charge in [-0.25, -0.2) is 0 Å². The average molecular weight is 236 g/mol. The van der Waals surface area contributed by atoms with Crippen molar-refractivity contribution < 1.29 is 14.4 Å². The third-order valence-electron chi connectivity index (χ3n) is 3.14. The van der Waals surface area contributed by atoms with Gasteiger partial charge in [-0.2, -0.15) is 0 Å². The number of rotatable bonds is 6. The molecular weight excluding hydrogens is 216 g/mol. The van der Waals surface area contributed by atoms with Crippen molar-refractivity contribution in [2.45, 2.75) is 52.4 Å². The molecule has 0 fully saturated rings. The number of allylic oxidation sites excluding steroid dienone is 2. The van der Waals surface area contributed by atoms with Crippen LogP contribution in [-0.2, 0) is 14.4 Å². The summed E-state index contributed by atoms with van der Waals surface area (Å²) >= 11 is 0. The Labute approximate surface area is 102 Å². The minimum atomic E-state index is -0.695. The second-order valence-corrected chi connectivity index (χ2v) is 4.56. The fourth-order valence-corrected chi connectivity index (χ4v) is 2.05. The van der Waals surface area contributed by atoms with Crippen LogP contribution >= 0.6 is 0 Å². The maximum atomic E-state index is 12.1. The minimum Gasteiger partial charge on any atom is -0.294 e. The molecule has 0 spiro atoms. The largest absolute Gasteiger partial charge is 0.294 e. The van der Waals surface area contributed by atoms with Gasteiger partial charge in [0.1, 0.15) is 0 Å². The molecule has 1 aliphatic carbocycles. The summed E-state index contributed by atoms with van der Waals surface area (Å²) in [5.41, 5.74) is 0.553. The van der Waals surface area contributed by atoms with Crippen molar-refractivity contribution in [2.24, 2.45) is 5.92 Å². The van der Waals surface area contributed by atoms with Crippen molar-refractivity contribution >= 4 is 17.3 Å². The topological polar surface area (TPSA) is 51.2 Å². The molecule has 0 aromatic carbocycles. The predicted octanol–water partition coefficient (Wildman–Crippen LogP) is 2.63. The molecule has 0 bridgehead atoms. The van der Waals surface area contributed by atoms with Gasteiger partial charge in [0, 0.05) is 0 Å². The summed E-state index contributed by atoms with van der Waals surface area (Å²) in [5, 5.41) is 0. The van der Waals surface area contributed by atoms with E-state index in [4.69, 9.17) is 0 Å². The molecule has 1 unspecified atom stereocenters. The zero-order valence-electron chi connectivity index (χ0n) is 10.6. The number of unbranched alkanes of at least 4 members (excludes halogenated alkanes) is 2. The lowest BCUT2D eigenvalue weighted by atomic mass is 9.81. The van der Waals surface area contributed by atoms with Gasteiger partial charge in [-0.05, 0) is 30.9 Å². The van der Waals surface area contributed by atoms with Crippen molar-refractivity contribution in [2.75, 3.05) is 0 Å². The number of hydrogen-bond acceptors (Lipinski definition) is 3. The highest BCUT2D eigenvalue weighted by Crippen LogP contribution is 2.24. The number of carbonyl (C=O) groups excluding carboxylic acids is 3. The fourth-order valence-electron chi connectivity index (χ4n) is 2.05. The van der Waals surface area contributed by atoms with Crippen LogP contribution in [0.4, 0.5) is 0 Å². The highest BCUT2D eigenvalue weighted by Gasteiger charge is 2.35. The third kappa shape index (κ3) is 3.35. The number of Topliss-reactive ketones (excluding diaryl/α,β-unsaturated/α-hetero) is 2. The van der Waals surface area contributed by atoms with Crippen LogP contribution in [0.3, 0.4) is 0 Å². The Hall–Kier alpha value is -1.25. The molecule has 1 aliphatic rings. The summed E-state index contributed by atoms with van der Waals surface area (Å²) in [6.07, 6.45) is 6.00. The summed E-state index contributed by atoms with van der Waals surface area (Å²) in [6.45, 7) is 4.04. The maximum absolute atomic E-state index is 12.1. The number of hydrogen-bond donors (Lipinski definition) is 0. The van der Waals surface area contributed by atoms with Crippen molar-refractivity contribution in [3.8, 4) is 0 Å². The Kier molecular flexibility index (Phi) is 5.26. The van der Waals surface area contributed by atoms with Gasteiger partial charge in [0.25, 0.3) is 0 Å². The van der Waals surface area contributed by atoms with Gasteiger partial charge in [-0.3, -0.25) is 14.4 Å². The highest BCUT2D eigenvalue weighted by molar-refractivity contribution is 6.49. The van der Waals surface area contributed by atoms with E-state index in [-0.39, 0.29) is 5.78 Å². The van der Waals surface area contributed by atoms with E-state index in [0.29, 0.717) is 18.4 Å². The molecule has 0 aliphatic heterocycles. The lowest BCUT2D eigenvalue weighted by Crippen LogP contribution is -2.35. The second-order valence-electron chi connectivity index (χ2n) is 4.56. The first-order chi connectivity index (χ1) is 8.11. The fraction of sp³-hybridized carbons (Fsp3) is 0.643. The van der Waals surface area contributed by atoms with Crippen molar-refractivity contribution in [1.82, 2.24) is 0 Å². The Morgan fingerprint density at radius 1 is 1.00 bits per heavy atom. The molecule has 1 atom stereocenters. The zero-order valence-corrected chi connectivity index (χ0v) is 10.6. The molecule has 3 heteroatoms. The molecule has 0 amide bonds. The summed E-state index contributed by atoms with van der Waals surface area (Å²) in [4.78, 5) is 35.2. The van der Waals surface area contributed by atoms with Crippen LogP contribution in [0.15, 0.2) is 11.6 Å². The van der Waals surface area contributed by atoms with Crippen LogP contribution in [-0.4, -0.2) is 17.3 Å². The molecule has 0 heterocycles. The molecule has 94 valence electrons. The Morgan fingerprint density at radius 3 is 2.24 bits per heavy atom. The first-order valence-corrected chi connectivity index (χ1v) is 6.44. The van der Waals surface area contributed by atoms with Gasteiger partial charge in [-0.15, -0.1) is 0 Å². The Bertz CT molecular complexity index is 352. The number of ketones is 3. The third-order valence-corrected chi connectivity index (χ3v) is 3.14. The molecule has 0 aromatic rings. The van der Waals surface area contributed by atoms with Crippen LogP contribution in [0.5, 0.6) is 0 Å². The molecule has 0 saturated carbocycles. The van der Waals surface area contributed by atoms with Crippen LogP contribution in [0.1, 0.15) is 52.4 Å². The standard InChI is InChI=1S/C14H20O3/c1-3-5-7-10-9-12(15)14(17)11(13(10)16)8-6-4-2/h9,11H,3-8H2,1-2H3. The molecule has 17 heavy (non-hydrogen) atoms. The highest BCUT2D eigenvalue weighted by atomic mass is 16.2. The predicted molar refractivity (Wildman–Crippen MR) is 65.6 cm³/mol. The van der Waals surface area contributed by atoms with E-state index in [2.05, 4.69) is 0 Å². The molecule has 0 saturated heterocycles. The molecule has 3 nitrogen and oxygen atoms in total. The van der Waals surface area contributed by atoms with Gasteiger partial charge in [0.2, 0.25) is 11.6 Å². The van der Waals surface area contributed by atoms with Crippen LogP contribution in [0, 0.1) is 5.92 Å². The van der Waals surface area contributed by atoms with E-state index in [1.165, 1.54) is 6.08 Å². The molecule has 0 radical (unpaired) electrons. The summed E-state index contributed by atoms with van der Waals surface area (Å²) in [6, 6.07) is 0. The van der Waals surface area contributed by atoms with Crippen molar-refractivity contribution in [3.63, 3.8) is 0 Å². The van der Waals surface area contributed by atoms with Gasteiger partial charge in [0.15, 0.2) is 5.78 Å². The normalized spacial score (nSPS) is 20.7. The monoisotopic (exact) mass is 236 g/mol. The number of carbonyl (C=O) groups is 3. The van der Waals surface area contributed by atoms with Crippen LogP contribution < -0.4 is 0 Å². The van der Waals surface area contributed by atoms with E-state index >= 15 is 0 Å². The zero-order chi connectivity index (χ0) is 12.8. The van der Waals surface area contributed by atoms with Crippen LogP contribution in [0.25, 0.3) is 0 Å². The molecular formula is C14H20O3. The minimum absolute atomic E-state index is 0.114. The summed E-state index contributed by atoms with van der Waals surface area (Å²) < 4.78 is 0. The van der Waals surface area contributed by atoms with E-state index in [1.54, 1.807) is 0 Å². The smallest absolute Gasteiger partial charge is 0.222 e. The molecule has 0 N–H and O–H groups in total. The van der Waals surface area contributed by atoms with E-state index in [9.17, 15) is 14.4 Å². The first-order valence-electron chi connectivity index (χ1n) is 6.44.